The van der Waals surface area contributed by atoms with Crippen LogP contribution in [-0.2, 0) is 4.74 Å². The largest absolute Gasteiger partial charge is 0.415 e. The first kappa shape index (κ1) is 7.61. The molecule has 1 amide bonds. The number of carbonyl (C=O) groups excluding carboxylic acids is 1. The fourth-order valence-corrected chi connectivity index (χ4v) is 1.68. The topological polar surface area (TPSA) is 41.6 Å². The quantitative estimate of drug-likeness (QED) is 0.566. The number of ether oxygens (including phenoxy) is 1. The van der Waals surface area contributed by atoms with Crippen LogP contribution in [-0.4, -0.2) is 36.2 Å². The van der Waals surface area contributed by atoms with Gasteiger partial charge in [0.2, 0.25) is 0 Å². The summed E-state index contributed by atoms with van der Waals surface area (Å²) >= 11 is 0. The fraction of sp³-hybridized carbons (Fsp3) is 0.625. The van der Waals surface area contributed by atoms with Crippen LogP contribution in [0.3, 0.4) is 0 Å². The molecular formula is C8H12N2O2. The zero-order chi connectivity index (χ0) is 8.77. The predicted molar refractivity (Wildman–Crippen MR) is 43.6 cm³/mol. The summed E-state index contributed by atoms with van der Waals surface area (Å²) in [7, 11) is 0. The van der Waals surface area contributed by atoms with Crippen molar-refractivity contribution < 1.29 is 9.53 Å². The summed E-state index contributed by atoms with van der Waals surface area (Å²) in [4.78, 5) is 13.0. The van der Waals surface area contributed by atoms with Crippen molar-refractivity contribution in [3.63, 3.8) is 0 Å². The van der Waals surface area contributed by atoms with Gasteiger partial charge in [0.1, 0.15) is 11.3 Å². The van der Waals surface area contributed by atoms with E-state index < -0.39 is 0 Å². The van der Waals surface area contributed by atoms with Crippen LogP contribution in [0.2, 0.25) is 0 Å². The molecule has 0 radical (unpaired) electrons. The number of piperazine rings is 1. The van der Waals surface area contributed by atoms with E-state index in [0.29, 0.717) is 12.3 Å². The highest BCUT2D eigenvalue weighted by atomic mass is 16.6. The molecule has 4 heteroatoms. The molecule has 0 spiro atoms. The Bertz CT molecular complexity index is 251. The van der Waals surface area contributed by atoms with Crippen LogP contribution < -0.4 is 5.32 Å². The van der Waals surface area contributed by atoms with Crippen LogP contribution in [0, 0.1) is 0 Å². The van der Waals surface area contributed by atoms with Crippen molar-refractivity contribution in [2.45, 2.75) is 12.5 Å². The molecule has 12 heavy (non-hydrogen) atoms. The first-order chi connectivity index (χ1) is 5.64. The van der Waals surface area contributed by atoms with E-state index >= 15 is 0 Å². The zero-order valence-electron chi connectivity index (χ0n) is 7.09. The lowest BCUT2D eigenvalue weighted by Gasteiger charge is -2.36. The Hall–Kier alpha value is -1.03. The van der Waals surface area contributed by atoms with E-state index in [1.54, 1.807) is 4.90 Å². The summed E-state index contributed by atoms with van der Waals surface area (Å²) in [6, 6.07) is 0. The van der Waals surface area contributed by atoms with Crippen LogP contribution in [0.25, 0.3) is 0 Å². The fourth-order valence-electron chi connectivity index (χ4n) is 1.68. The number of nitrogens with zero attached hydrogens (tertiary/aromatic N) is 1. The number of hydrogen-bond acceptors (Lipinski definition) is 3. The number of hydrogen-bond donors (Lipinski definition) is 1. The molecule has 0 aromatic carbocycles. The molecule has 2 aliphatic rings. The molecule has 0 aromatic heterocycles. The number of rotatable bonds is 0. The Kier molecular flexibility index (Phi) is 1.41. The SMILES string of the molecule is C=C1OC(=O)N2CCNCC12C. The maximum absolute atomic E-state index is 11.2. The second-order valence-corrected chi connectivity index (χ2v) is 3.39. The molecule has 0 bridgehead atoms. The Morgan fingerprint density at radius 3 is 3.17 bits per heavy atom. The molecule has 1 atom stereocenters. The average Bonchev–Trinajstić information content (AvgIpc) is 2.25. The number of amides is 1. The monoisotopic (exact) mass is 168 g/mol. The van der Waals surface area contributed by atoms with E-state index in [4.69, 9.17) is 4.74 Å². The van der Waals surface area contributed by atoms with Crippen LogP contribution in [0.15, 0.2) is 12.3 Å². The highest BCUT2D eigenvalue weighted by molar-refractivity contribution is 5.74. The molecule has 2 heterocycles. The molecule has 0 saturated carbocycles. The van der Waals surface area contributed by atoms with Crippen molar-refractivity contribution in [3.05, 3.63) is 12.3 Å². The number of cyclic esters (lactones) is 1. The van der Waals surface area contributed by atoms with Gasteiger partial charge in [-0.15, -0.1) is 0 Å². The van der Waals surface area contributed by atoms with Crippen molar-refractivity contribution >= 4 is 6.09 Å². The number of nitrogens with one attached hydrogen (secondary N) is 1. The third kappa shape index (κ3) is 0.783. The summed E-state index contributed by atoms with van der Waals surface area (Å²) in [5.74, 6) is 0.555. The highest BCUT2D eigenvalue weighted by Crippen LogP contribution is 2.32. The molecule has 2 fully saturated rings. The minimum absolute atomic E-state index is 0.260. The van der Waals surface area contributed by atoms with Gasteiger partial charge in [0, 0.05) is 19.6 Å². The van der Waals surface area contributed by atoms with Crippen molar-refractivity contribution in [1.82, 2.24) is 10.2 Å². The Balaban J connectivity index is 2.33. The smallest absolute Gasteiger partial charge is 0.413 e. The van der Waals surface area contributed by atoms with E-state index in [1.807, 2.05) is 6.92 Å². The summed E-state index contributed by atoms with van der Waals surface area (Å²) in [5, 5.41) is 3.21. The van der Waals surface area contributed by atoms with E-state index in [-0.39, 0.29) is 11.6 Å². The van der Waals surface area contributed by atoms with Crippen molar-refractivity contribution in [2.75, 3.05) is 19.6 Å². The van der Waals surface area contributed by atoms with Crippen LogP contribution in [0.1, 0.15) is 6.92 Å². The maximum atomic E-state index is 11.2. The Morgan fingerprint density at radius 2 is 2.50 bits per heavy atom. The molecule has 4 nitrogen and oxygen atoms in total. The minimum atomic E-state index is -0.324. The van der Waals surface area contributed by atoms with Gasteiger partial charge in [0.25, 0.3) is 0 Å². The van der Waals surface area contributed by atoms with Gasteiger partial charge in [-0.3, -0.25) is 4.90 Å². The van der Waals surface area contributed by atoms with E-state index in [0.717, 1.165) is 13.1 Å². The molecule has 1 unspecified atom stereocenters. The van der Waals surface area contributed by atoms with Gasteiger partial charge < -0.3 is 10.1 Å². The predicted octanol–water partition coefficient (Wildman–Crippen LogP) is 0.314. The van der Waals surface area contributed by atoms with E-state index in [9.17, 15) is 4.79 Å². The first-order valence-electron chi connectivity index (χ1n) is 4.04. The lowest BCUT2D eigenvalue weighted by Crippen LogP contribution is -2.57. The van der Waals surface area contributed by atoms with Crippen molar-refractivity contribution in [2.24, 2.45) is 0 Å². The molecule has 0 aromatic rings. The van der Waals surface area contributed by atoms with Crippen molar-refractivity contribution in [1.29, 1.82) is 0 Å². The highest BCUT2D eigenvalue weighted by Gasteiger charge is 2.48. The first-order valence-corrected chi connectivity index (χ1v) is 4.04. The summed E-state index contributed by atoms with van der Waals surface area (Å²) in [6.45, 7) is 7.97. The minimum Gasteiger partial charge on any atom is -0.413 e. The molecule has 2 rings (SSSR count). The number of carbonyl (C=O) groups is 1. The maximum Gasteiger partial charge on any atom is 0.415 e. The second-order valence-electron chi connectivity index (χ2n) is 3.39. The Morgan fingerprint density at radius 1 is 1.75 bits per heavy atom. The third-order valence-corrected chi connectivity index (χ3v) is 2.61. The normalized spacial score (nSPS) is 34.9. The van der Waals surface area contributed by atoms with Gasteiger partial charge >= 0.3 is 6.09 Å². The van der Waals surface area contributed by atoms with Gasteiger partial charge in [-0.2, -0.15) is 0 Å². The molecule has 66 valence electrons. The van der Waals surface area contributed by atoms with Crippen molar-refractivity contribution in [3.8, 4) is 0 Å². The van der Waals surface area contributed by atoms with Crippen LogP contribution in [0.4, 0.5) is 4.79 Å². The van der Waals surface area contributed by atoms with E-state index in [2.05, 4.69) is 11.9 Å². The van der Waals surface area contributed by atoms with Gasteiger partial charge in [-0.1, -0.05) is 6.58 Å². The Labute approximate surface area is 71.2 Å². The summed E-state index contributed by atoms with van der Waals surface area (Å²) < 4.78 is 4.96. The summed E-state index contributed by atoms with van der Waals surface area (Å²) in [5.41, 5.74) is -0.324. The van der Waals surface area contributed by atoms with Gasteiger partial charge in [-0.25, -0.2) is 4.79 Å². The zero-order valence-corrected chi connectivity index (χ0v) is 7.09. The third-order valence-electron chi connectivity index (χ3n) is 2.61. The molecule has 1 N–H and O–H groups in total. The average molecular weight is 168 g/mol. The lowest BCUT2D eigenvalue weighted by molar-refractivity contribution is 0.141. The summed E-state index contributed by atoms with van der Waals surface area (Å²) in [6.07, 6.45) is -0.260. The van der Waals surface area contributed by atoms with E-state index in [1.165, 1.54) is 0 Å². The lowest BCUT2D eigenvalue weighted by atomic mass is 9.97. The molecule has 2 saturated heterocycles. The van der Waals surface area contributed by atoms with Gasteiger partial charge in [-0.05, 0) is 6.92 Å². The molecule has 0 aliphatic carbocycles. The number of fused-ring (bicyclic) bond motifs is 1. The van der Waals surface area contributed by atoms with Crippen LogP contribution >= 0.6 is 0 Å². The standard InChI is InChI=1S/C8H12N2O2/c1-6-8(2)5-9-3-4-10(8)7(11)12-6/h9H,1,3-5H2,2H3. The second kappa shape index (κ2) is 2.23. The molecule has 2 aliphatic heterocycles. The van der Waals surface area contributed by atoms with Gasteiger partial charge in [0.15, 0.2) is 0 Å². The van der Waals surface area contributed by atoms with Crippen LogP contribution in [0.5, 0.6) is 0 Å². The molecular weight excluding hydrogens is 156 g/mol. The van der Waals surface area contributed by atoms with Gasteiger partial charge in [0.05, 0.1) is 0 Å².